The van der Waals surface area contributed by atoms with E-state index >= 15 is 0 Å². The summed E-state index contributed by atoms with van der Waals surface area (Å²) in [6.45, 7) is 2.06. The first-order chi connectivity index (χ1) is 9.03. The van der Waals surface area contributed by atoms with E-state index < -0.39 is 5.60 Å². The summed E-state index contributed by atoms with van der Waals surface area (Å²) < 4.78 is 0. The molecule has 1 aromatic heterocycles. The number of nitrogens with zero attached hydrogens (tertiary/aromatic N) is 1. The van der Waals surface area contributed by atoms with Crippen LogP contribution in [0.1, 0.15) is 18.1 Å². The second-order valence-electron chi connectivity index (χ2n) is 4.44. The van der Waals surface area contributed by atoms with Crippen molar-refractivity contribution in [3.05, 3.63) is 51.2 Å². The van der Waals surface area contributed by atoms with E-state index in [9.17, 15) is 5.11 Å². The van der Waals surface area contributed by atoms with Crippen LogP contribution in [0.4, 0.5) is 5.69 Å². The monoisotopic (exact) mass is 292 g/mol. The van der Waals surface area contributed by atoms with Crippen molar-refractivity contribution in [2.45, 2.75) is 12.5 Å². The fourth-order valence-electron chi connectivity index (χ4n) is 1.70. The highest BCUT2D eigenvalue weighted by Crippen LogP contribution is 2.25. The maximum Gasteiger partial charge on any atom is 0.105 e. The second-order valence-corrected chi connectivity index (χ2v) is 5.66. The average Bonchev–Trinajstić information content (AvgIpc) is 2.91. The Morgan fingerprint density at radius 1 is 1.47 bits per heavy atom. The van der Waals surface area contributed by atoms with Crippen LogP contribution in [-0.4, -0.2) is 11.7 Å². The van der Waals surface area contributed by atoms with Crippen molar-refractivity contribution in [2.75, 3.05) is 11.9 Å². The lowest BCUT2D eigenvalue weighted by Gasteiger charge is -2.23. The van der Waals surface area contributed by atoms with Crippen LogP contribution in [0, 0.1) is 11.3 Å². The molecular formula is C14H13ClN2OS. The summed E-state index contributed by atoms with van der Waals surface area (Å²) in [7, 11) is 0. The molecule has 0 saturated carbocycles. The van der Waals surface area contributed by atoms with Gasteiger partial charge in [-0.3, -0.25) is 0 Å². The molecule has 0 saturated heterocycles. The summed E-state index contributed by atoms with van der Waals surface area (Å²) in [6, 6.07) is 9.02. The predicted octanol–water partition coefficient (Wildman–Crippen LogP) is 3.59. The molecule has 0 aliphatic heterocycles. The van der Waals surface area contributed by atoms with Gasteiger partial charge < -0.3 is 10.4 Å². The number of thiophene rings is 1. The maximum absolute atomic E-state index is 10.4. The normalized spacial score (nSPS) is 13.6. The van der Waals surface area contributed by atoms with Crippen LogP contribution >= 0.6 is 22.9 Å². The number of nitriles is 1. The Morgan fingerprint density at radius 3 is 2.89 bits per heavy atom. The molecule has 0 spiro atoms. The minimum Gasteiger partial charge on any atom is -0.384 e. The van der Waals surface area contributed by atoms with Crippen LogP contribution in [0.25, 0.3) is 0 Å². The topological polar surface area (TPSA) is 56.0 Å². The fourth-order valence-corrected chi connectivity index (χ4v) is 2.66. The number of hydrogen-bond acceptors (Lipinski definition) is 4. The van der Waals surface area contributed by atoms with Gasteiger partial charge in [-0.1, -0.05) is 11.6 Å². The molecule has 0 aliphatic rings. The molecule has 0 fully saturated rings. The van der Waals surface area contributed by atoms with Crippen molar-refractivity contribution in [2.24, 2.45) is 0 Å². The van der Waals surface area contributed by atoms with Gasteiger partial charge in [0.25, 0.3) is 0 Å². The predicted molar refractivity (Wildman–Crippen MR) is 78.5 cm³/mol. The molecule has 0 bridgehead atoms. The Kier molecular flexibility index (Phi) is 4.11. The molecule has 0 radical (unpaired) electrons. The van der Waals surface area contributed by atoms with E-state index in [2.05, 4.69) is 11.4 Å². The maximum atomic E-state index is 10.4. The molecule has 2 rings (SSSR count). The molecule has 0 amide bonds. The van der Waals surface area contributed by atoms with Crippen molar-refractivity contribution in [3.8, 4) is 6.07 Å². The summed E-state index contributed by atoms with van der Waals surface area (Å²) in [5.74, 6) is 0. The highest BCUT2D eigenvalue weighted by Gasteiger charge is 2.23. The molecule has 3 nitrogen and oxygen atoms in total. The molecule has 5 heteroatoms. The van der Waals surface area contributed by atoms with Gasteiger partial charge in [0, 0.05) is 11.6 Å². The summed E-state index contributed by atoms with van der Waals surface area (Å²) >= 11 is 7.38. The summed E-state index contributed by atoms with van der Waals surface area (Å²) in [5, 5.41) is 26.9. The lowest BCUT2D eigenvalue weighted by atomic mass is 9.99. The zero-order chi connectivity index (χ0) is 13.9. The molecule has 2 N–H and O–H groups in total. The van der Waals surface area contributed by atoms with Gasteiger partial charge in [0.15, 0.2) is 0 Å². The first kappa shape index (κ1) is 13.9. The second kappa shape index (κ2) is 5.62. The van der Waals surface area contributed by atoms with E-state index in [0.717, 1.165) is 5.56 Å². The molecule has 1 unspecified atom stereocenters. The zero-order valence-corrected chi connectivity index (χ0v) is 11.9. The van der Waals surface area contributed by atoms with Gasteiger partial charge in [-0.25, -0.2) is 0 Å². The number of benzene rings is 1. The largest absolute Gasteiger partial charge is 0.384 e. The van der Waals surface area contributed by atoms with Crippen molar-refractivity contribution in [1.82, 2.24) is 0 Å². The highest BCUT2D eigenvalue weighted by atomic mass is 35.5. The van der Waals surface area contributed by atoms with Gasteiger partial charge in [0.05, 0.1) is 11.3 Å². The lowest BCUT2D eigenvalue weighted by Crippen LogP contribution is -2.30. The Balaban J connectivity index is 2.13. The van der Waals surface area contributed by atoms with Gasteiger partial charge >= 0.3 is 0 Å². The van der Waals surface area contributed by atoms with Crippen molar-refractivity contribution >= 4 is 28.6 Å². The smallest absolute Gasteiger partial charge is 0.105 e. The lowest BCUT2D eigenvalue weighted by molar-refractivity contribution is 0.0720. The van der Waals surface area contributed by atoms with Crippen LogP contribution in [0.3, 0.4) is 0 Å². The molecule has 1 atom stereocenters. The van der Waals surface area contributed by atoms with E-state index in [0.29, 0.717) is 22.8 Å². The number of anilines is 1. The van der Waals surface area contributed by atoms with E-state index in [4.69, 9.17) is 16.9 Å². The Bertz CT molecular complexity index is 602. The fraction of sp³-hybridized carbons (Fsp3) is 0.214. The number of nitrogens with one attached hydrogen (secondary N) is 1. The first-order valence-corrected chi connectivity index (χ1v) is 7.03. The van der Waals surface area contributed by atoms with E-state index in [1.807, 2.05) is 16.8 Å². The standard InChI is InChI=1S/C14H13ClN2OS/c1-14(18,11-4-5-19-8-11)9-17-13-3-2-12(15)6-10(13)7-16/h2-6,8,17-18H,9H2,1H3. The van der Waals surface area contributed by atoms with Gasteiger partial charge in [0.1, 0.15) is 11.7 Å². The van der Waals surface area contributed by atoms with Gasteiger partial charge in [-0.2, -0.15) is 16.6 Å². The SMILES string of the molecule is CC(O)(CNc1ccc(Cl)cc1C#N)c1ccsc1. The Hall–Kier alpha value is -1.54. The van der Waals surface area contributed by atoms with Crippen LogP contribution in [-0.2, 0) is 5.60 Å². The Morgan fingerprint density at radius 2 is 2.26 bits per heavy atom. The molecule has 19 heavy (non-hydrogen) atoms. The Labute approximate surface area is 121 Å². The van der Waals surface area contributed by atoms with Crippen molar-refractivity contribution in [3.63, 3.8) is 0 Å². The van der Waals surface area contributed by atoms with E-state index in [1.165, 1.54) is 0 Å². The first-order valence-electron chi connectivity index (χ1n) is 5.71. The van der Waals surface area contributed by atoms with Crippen molar-refractivity contribution < 1.29 is 5.11 Å². The summed E-state index contributed by atoms with van der Waals surface area (Å²) in [6.07, 6.45) is 0. The van der Waals surface area contributed by atoms with E-state index in [-0.39, 0.29) is 0 Å². The number of aliphatic hydroxyl groups is 1. The number of halogens is 1. The summed E-state index contributed by atoms with van der Waals surface area (Å²) in [5.41, 5.74) is 1.01. The molecular weight excluding hydrogens is 280 g/mol. The third-order valence-electron chi connectivity index (χ3n) is 2.87. The van der Waals surface area contributed by atoms with Gasteiger partial charge in [0.2, 0.25) is 0 Å². The minimum absolute atomic E-state index is 0.319. The zero-order valence-electron chi connectivity index (χ0n) is 10.4. The average molecular weight is 293 g/mol. The third-order valence-corrected chi connectivity index (χ3v) is 3.79. The van der Waals surface area contributed by atoms with Crippen LogP contribution in [0.15, 0.2) is 35.0 Å². The molecule has 1 heterocycles. The molecule has 2 aromatic rings. The van der Waals surface area contributed by atoms with E-state index in [1.54, 1.807) is 36.5 Å². The summed E-state index contributed by atoms with van der Waals surface area (Å²) in [4.78, 5) is 0. The van der Waals surface area contributed by atoms with Crippen molar-refractivity contribution in [1.29, 1.82) is 5.26 Å². The minimum atomic E-state index is -0.980. The van der Waals surface area contributed by atoms with Gasteiger partial charge in [-0.15, -0.1) is 0 Å². The third kappa shape index (κ3) is 3.27. The highest BCUT2D eigenvalue weighted by molar-refractivity contribution is 7.08. The van der Waals surface area contributed by atoms with Crippen LogP contribution in [0.2, 0.25) is 5.02 Å². The van der Waals surface area contributed by atoms with Gasteiger partial charge in [-0.05, 0) is 47.5 Å². The molecule has 0 aliphatic carbocycles. The number of rotatable bonds is 4. The van der Waals surface area contributed by atoms with Crippen LogP contribution in [0.5, 0.6) is 0 Å². The molecule has 98 valence electrons. The number of hydrogen-bond donors (Lipinski definition) is 2. The quantitative estimate of drug-likeness (QED) is 0.905. The van der Waals surface area contributed by atoms with Crippen LogP contribution < -0.4 is 5.32 Å². The molecule has 1 aromatic carbocycles.